The number of aromatic amines is 2. The van der Waals surface area contributed by atoms with Crippen molar-refractivity contribution in [3.8, 4) is 0 Å². The van der Waals surface area contributed by atoms with E-state index in [9.17, 15) is 32.3 Å². The number of halogens is 3. The molecule has 224 valence electrons. The highest BCUT2D eigenvalue weighted by Gasteiger charge is 2.32. The molecule has 1 saturated heterocycles. The van der Waals surface area contributed by atoms with E-state index in [0.717, 1.165) is 12.1 Å². The second-order valence-corrected chi connectivity index (χ2v) is 9.31. The third kappa shape index (κ3) is 6.46. The van der Waals surface area contributed by atoms with E-state index in [0.29, 0.717) is 37.6 Å². The fourth-order valence-electron chi connectivity index (χ4n) is 4.57. The molecular weight excluding hydrogens is 577 g/mol. The summed E-state index contributed by atoms with van der Waals surface area (Å²) < 4.78 is 54.5. The molecule has 3 heterocycles. The number of ether oxygens (including phenoxy) is 1. The molecule has 6 rings (SSSR count). The summed E-state index contributed by atoms with van der Waals surface area (Å²) in [5.41, 5.74) is 1.43. The SMILES string of the molecule is O=C(NCc1ccc(C(F)(F)F)cc1N1CCOCC1)c1cccc2oc(=O)[nH]c12.O=C(O)c1cccc2oc(=O)[nH]c12. The second-order valence-electron chi connectivity index (χ2n) is 9.31. The number of hydrogen-bond donors (Lipinski definition) is 4. The molecule has 4 N–H and O–H groups in total. The van der Waals surface area contributed by atoms with Gasteiger partial charge in [-0.05, 0) is 42.0 Å². The number of carboxylic acid groups (broad SMARTS) is 1. The first-order valence-electron chi connectivity index (χ1n) is 12.8. The number of amides is 1. The lowest BCUT2D eigenvalue weighted by molar-refractivity contribution is -0.137. The molecule has 2 aromatic heterocycles. The van der Waals surface area contributed by atoms with Gasteiger partial charge in [0.25, 0.3) is 5.91 Å². The van der Waals surface area contributed by atoms with E-state index in [4.69, 9.17) is 14.3 Å². The first-order valence-corrected chi connectivity index (χ1v) is 12.8. The minimum Gasteiger partial charge on any atom is -0.478 e. The number of alkyl halides is 3. The molecule has 0 saturated carbocycles. The van der Waals surface area contributed by atoms with Crippen LogP contribution in [0.5, 0.6) is 0 Å². The Morgan fingerprint density at radius 1 is 0.884 bits per heavy atom. The van der Waals surface area contributed by atoms with E-state index in [1.54, 1.807) is 12.1 Å². The summed E-state index contributed by atoms with van der Waals surface area (Å²) in [4.78, 5) is 52.1. The molecule has 0 radical (unpaired) electrons. The average molecular weight is 601 g/mol. The van der Waals surface area contributed by atoms with Crippen molar-refractivity contribution in [3.05, 3.63) is 98.0 Å². The van der Waals surface area contributed by atoms with Crippen LogP contribution >= 0.6 is 0 Å². The highest BCUT2D eigenvalue weighted by Crippen LogP contribution is 2.34. The summed E-state index contributed by atoms with van der Waals surface area (Å²) in [5.74, 6) is -2.90. The minimum absolute atomic E-state index is 0.0160. The molecule has 15 heteroatoms. The summed E-state index contributed by atoms with van der Waals surface area (Å²) in [6.07, 6.45) is -4.47. The van der Waals surface area contributed by atoms with Crippen LogP contribution in [0, 0.1) is 0 Å². The first-order chi connectivity index (χ1) is 20.5. The number of rotatable bonds is 5. The van der Waals surface area contributed by atoms with Gasteiger partial charge in [-0.1, -0.05) is 18.2 Å². The summed E-state index contributed by atoms with van der Waals surface area (Å²) >= 11 is 0. The predicted octanol–water partition coefficient (Wildman–Crippen LogP) is 3.73. The predicted molar refractivity (Wildman–Crippen MR) is 146 cm³/mol. The maximum Gasteiger partial charge on any atom is 0.417 e. The van der Waals surface area contributed by atoms with Gasteiger partial charge >= 0.3 is 23.7 Å². The number of benzene rings is 3. The Kier molecular flexibility index (Phi) is 8.07. The van der Waals surface area contributed by atoms with Gasteiger partial charge in [-0.3, -0.25) is 14.8 Å². The number of aromatic carboxylic acids is 1. The van der Waals surface area contributed by atoms with Gasteiger partial charge in [0.15, 0.2) is 11.2 Å². The fraction of sp³-hybridized carbons (Fsp3) is 0.214. The van der Waals surface area contributed by atoms with Crippen molar-refractivity contribution in [2.24, 2.45) is 0 Å². The lowest BCUT2D eigenvalue weighted by Crippen LogP contribution is -2.37. The van der Waals surface area contributed by atoms with Crippen molar-refractivity contribution in [3.63, 3.8) is 0 Å². The van der Waals surface area contributed by atoms with Crippen molar-refractivity contribution in [2.45, 2.75) is 12.7 Å². The van der Waals surface area contributed by atoms with Crippen molar-refractivity contribution in [1.29, 1.82) is 0 Å². The number of carbonyl (C=O) groups excluding carboxylic acids is 1. The zero-order valence-electron chi connectivity index (χ0n) is 22.1. The first kappa shape index (κ1) is 29.2. The maximum absolute atomic E-state index is 13.2. The number of carboxylic acids is 1. The van der Waals surface area contributed by atoms with Gasteiger partial charge in [0.05, 0.1) is 35.4 Å². The summed E-state index contributed by atoms with van der Waals surface area (Å²) in [5, 5.41) is 11.4. The van der Waals surface area contributed by atoms with Crippen molar-refractivity contribution in [1.82, 2.24) is 15.3 Å². The van der Waals surface area contributed by atoms with Gasteiger partial charge in [0, 0.05) is 25.3 Å². The van der Waals surface area contributed by atoms with Gasteiger partial charge in [-0.2, -0.15) is 13.2 Å². The Bertz CT molecular complexity index is 1920. The highest BCUT2D eigenvalue weighted by molar-refractivity contribution is 6.04. The molecule has 1 amide bonds. The smallest absolute Gasteiger partial charge is 0.417 e. The van der Waals surface area contributed by atoms with Crippen LogP contribution in [-0.4, -0.2) is 53.3 Å². The number of fused-ring (bicyclic) bond motifs is 2. The Hall–Kier alpha value is -5.31. The Balaban J connectivity index is 0.000000235. The largest absolute Gasteiger partial charge is 0.478 e. The Labute approximate surface area is 238 Å². The molecule has 0 spiro atoms. The monoisotopic (exact) mass is 600 g/mol. The van der Waals surface area contributed by atoms with Crippen LogP contribution in [-0.2, 0) is 17.5 Å². The van der Waals surface area contributed by atoms with E-state index in [1.165, 1.54) is 30.3 Å². The lowest BCUT2D eigenvalue weighted by atomic mass is 10.1. The molecule has 12 nitrogen and oxygen atoms in total. The standard InChI is InChI=1S/C20H18F3N3O4.C8H5NO4/c21-20(22,23)13-5-4-12(15(10-13)26-6-8-29-9-7-26)11-24-18(27)14-2-1-3-16-17(14)25-19(28)30-16;10-7(11)4-2-1-3-5-6(4)9-8(12)13-5/h1-5,10H,6-9,11H2,(H,24,27)(H,25,28);1-3H,(H,9,12)(H,10,11). The van der Waals surface area contributed by atoms with Gasteiger partial charge in [0.2, 0.25) is 0 Å². The van der Waals surface area contributed by atoms with E-state index in [2.05, 4.69) is 19.7 Å². The molecule has 1 aliphatic heterocycles. The maximum atomic E-state index is 13.2. The number of anilines is 1. The van der Waals surface area contributed by atoms with E-state index >= 15 is 0 Å². The fourth-order valence-corrected chi connectivity index (χ4v) is 4.57. The van der Waals surface area contributed by atoms with Crippen LogP contribution in [0.2, 0.25) is 0 Å². The van der Waals surface area contributed by atoms with Crippen LogP contribution in [0.1, 0.15) is 31.8 Å². The number of para-hydroxylation sites is 2. The number of nitrogens with one attached hydrogen (secondary N) is 3. The number of morpholine rings is 1. The Morgan fingerprint density at radius 2 is 1.47 bits per heavy atom. The molecular formula is C28H23F3N4O8. The molecule has 1 aliphatic rings. The third-order valence-electron chi connectivity index (χ3n) is 6.59. The summed E-state index contributed by atoms with van der Waals surface area (Å²) in [7, 11) is 0. The number of nitrogens with zero attached hydrogens (tertiary/aromatic N) is 1. The highest BCUT2D eigenvalue weighted by atomic mass is 19.4. The molecule has 43 heavy (non-hydrogen) atoms. The Morgan fingerprint density at radius 3 is 2.05 bits per heavy atom. The molecule has 0 unspecified atom stereocenters. The molecule has 0 bridgehead atoms. The van der Waals surface area contributed by atoms with Crippen LogP contribution in [0.3, 0.4) is 0 Å². The zero-order chi connectivity index (χ0) is 30.7. The molecule has 5 aromatic rings. The van der Waals surface area contributed by atoms with Crippen LogP contribution in [0.25, 0.3) is 22.2 Å². The van der Waals surface area contributed by atoms with Gasteiger partial charge in [-0.15, -0.1) is 0 Å². The summed E-state index contributed by atoms with van der Waals surface area (Å²) in [6.45, 7) is 1.76. The summed E-state index contributed by atoms with van der Waals surface area (Å²) in [6, 6.07) is 12.6. The minimum atomic E-state index is -4.47. The number of aromatic nitrogens is 2. The number of hydrogen-bond acceptors (Lipinski definition) is 8. The van der Waals surface area contributed by atoms with E-state index in [1.807, 2.05) is 4.90 Å². The number of H-pyrrole nitrogens is 2. The van der Waals surface area contributed by atoms with Crippen LogP contribution < -0.4 is 21.7 Å². The molecule has 0 atom stereocenters. The lowest BCUT2D eigenvalue weighted by Gasteiger charge is -2.31. The zero-order valence-corrected chi connectivity index (χ0v) is 22.1. The van der Waals surface area contributed by atoms with Gasteiger partial charge < -0.3 is 28.9 Å². The van der Waals surface area contributed by atoms with Gasteiger partial charge in [0.1, 0.15) is 5.52 Å². The molecule has 1 fully saturated rings. The molecule has 0 aliphatic carbocycles. The van der Waals surface area contributed by atoms with E-state index < -0.39 is 35.1 Å². The average Bonchev–Trinajstić information content (AvgIpc) is 3.56. The number of carbonyl (C=O) groups is 2. The van der Waals surface area contributed by atoms with Gasteiger partial charge in [-0.25, -0.2) is 14.4 Å². The van der Waals surface area contributed by atoms with Crippen molar-refractivity contribution in [2.75, 3.05) is 31.2 Å². The van der Waals surface area contributed by atoms with Crippen LogP contribution in [0.4, 0.5) is 18.9 Å². The normalized spacial score (nSPS) is 13.5. The van der Waals surface area contributed by atoms with Crippen molar-refractivity contribution < 1.29 is 41.4 Å². The quantitative estimate of drug-likeness (QED) is 0.235. The van der Waals surface area contributed by atoms with Crippen molar-refractivity contribution >= 4 is 39.8 Å². The molecule has 3 aromatic carbocycles. The van der Waals surface area contributed by atoms with E-state index in [-0.39, 0.29) is 39.9 Å². The third-order valence-corrected chi connectivity index (χ3v) is 6.59. The van der Waals surface area contributed by atoms with Crippen LogP contribution in [0.15, 0.2) is 73.0 Å². The number of oxazole rings is 2. The topological polar surface area (TPSA) is 171 Å². The second kappa shape index (κ2) is 11.9.